The molecule has 4 rings (SSSR count). The first-order valence-corrected chi connectivity index (χ1v) is 9.44. The molecule has 2 N–H and O–H groups in total. The smallest absolute Gasteiger partial charge is 0.159 e. The van der Waals surface area contributed by atoms with Crippen molar-refractivity contribution in [3.05, 3.63) is 53.1 Å². The first kappa shape index (κ1) is 16.6. The second-order valence-electron chi connectivity index (χ2n) is 6.94. The van der Waals surface area contributed by atoms with Crippen LogP contribution in [-0.2, 0) is 13.0 Å². The third kappa shape index (κ3) is 3.42. The Kier molecular flexibility index (Phi) is 4.73. The molecule has 4 nitrogen and oxygen atoms in total. The van der Waals surface area contributed by atoms with Crippen molar-refractivity contribution in [3.63, 3.8) is 0 Å². The van der Waals surface area contributed by atoms with E-state index in [1.54, 1.807) is 0 Å². The second-order valence-corrected chi connectivity index (χ2v) is 7.37. The molecule has 0 bridgehead atoms. The Balaban J connectivity index is 1.74. The first-order chi connectivity index (χ1) is 12.2. The first-order valence-electron chi connectivity index (χ1n) is 9.06. The van der Waals surface area contributed by atoms with Crippen molar-refractivity contribution in [1.29, 1.82) is 0 Å². The van der Waals surface area contributed by atoms with Gasteiger partial charge >= 0.3 is 0 Å². The quantitative estimate of drug-likeness (QED) is 0.743. The van der Waals surface area contributed by atoms with Gasteiger partial charge in [0.15, 0.2) is 5.65 Å². The molecule has 1 saturated carbocycles. The zero-order chi connectivity index (χ0) is 17.2. The normalized spacial score (nSPS) is 15.8. The molecule has 130 valence electrons. The van der Waals surface area contributed by atoms with Crippen molar-refractivity contribution in [3.8, 4) is 11.3 Å². The van der Waals surface area contributed by atoms with Gasteiger partial charge in [0.1, 0.15) is 0 Å². The lowest BCUT2D eigenvalue weighted by Gasteiger charge is -2.21. The Morgan fingerprint density at radius 3 is 2.60 bits per heavy atom. The summed E-state index contributed by atoms with van der Waals surface area (Å²) in [5.41, 5.74) is 10.9. The van der Waals surface area contributed by atoms with Crippen LogP contribution in [0.1, 0.15) is 43.5 Å². The van der Waals surface area contributed by atoms with Gasteiger partial charge in [-0.1, -0.05) is 55.8 Å². The van der Waals surface area contributed by atoms with Crippen LogP contribution < -0.4 is 5.73 Å². The fraction of sp³-hybridized carbons (Fsp3) is 0.400. The number of fused-ring (bicyclic) bond motifs is 1. The number of hydrogen-bond donors (Lipinski definition) is 1. The summed E-state index contributed by atoms with van der Waals surface area (Å²) in [4.78, 5) is 9.60. The molecular formula is C20H23ClN4. The van der Waals surface area contributed by atoms with E-state index in [0.717, 1.165) is 45.7 Å². The highest BCUT2D eigenvalue weighted by molar-refractivity contribution is 6.30. The molecule has 0 atom stereocenters. The highest BCUT2D eigenvalue weighted by atomic mass is 35.5. The number of benzene rings is 1. The van der Waals surface area contributed by atoms with Gasteiger partial charge in [-0.3, -0.25) is 9.38 Å². The van der Waals surface area contributed by atoms with Crippen molar-refractivity contribution in [1.82, 2.24) is 14.4 Å². The average molecular weight is 355 g/mol. The summed E-state index contributed by atoms with van der Waals surface area (Å²) in [6, 6.07) is 7.79. The third-order valence-corrected chi connectivity index (χ3v) is 5.45. The molecule has 5 heteroatoms. The Morgan fingerprint density at radius 1 is 1.12 bits per heavy atom. The van der Waals surface area contributed by atoms with Crippen molar-refractivity contribution in [2.75, 3.05) is 0 Å². The highest BCUT2D eigenvalue weighted by Crippen LogP contribution is 2.29. The summed E-state index contributed by atoms with van der Waals surface area (Å²) in [6.45, 7) is 0.448. The largest absolute Gasteiger partial charge is 0.325 e. The molecule has 0 spiro atoms. The molecule has 1 aromatic carbocycles. The number of nitrogens with zero attached hydrogens (tertiary/aromatic N) is 3. The Hall–Kier alpha value is -1.91. The zero-order valence-electron chi connectivity index (χ0n) is 14.3. The van der Waals surface area contributed by atoms with E-state index in [9.17, 15) is 0 Å². The van der Waals surface area contributed by atoms with E-state index in [2.05, 4.69) is 10.6 Å². The molecule has 1 fully saturated rings. The van der Waals surface area contributed by atoms with E-state index in [-0.39, 0.29) is 0 Å². The number of imidazole rings is 1. The van der Waals surface area contributed by atoms with E-state index in [1.165, 1.54) is 32.1 Å². The van der Waals surface area contributed by atoms with Gasteiger partial charge in [-0.2, -0.15) is 0 Å². The minimum atomic E-state index is 0.448. The second kappa shape index (κ2) is 7.14. The summed E-state index contributed by atoms with van der Waals surface area (Å²) in [6.07, 6.45) is 11.6. The fourth-order valence-electron chi connectivity index (χ4n) is 3.79. The molecule has 3 aromatic rings. The van der Waals surface area contributed by atoms with Crippen LogP contribution in [0.25, 0.3) is 16.9 Å². The topological polar surface area (TPSA) is 56.2 Å². The summed E-state index contributed by atoms with van der Waals surface area (Å²) >= 11 is 6.01. The van der Waals surface area contributed by atoms with E-state index in [4.69, 9.17) is 27.3 Å². The average Bonchev–Trinajstić information content (AvgIpc) is 3.09. The van der Waals surface area contributed by atoms with Gasteiger partial charge in [-0.05, 0) is 24.5 Å². The van der Waals surface area contributed by atoms with Crippen molar-refractivity contribution in [2.24, 2.45) is 11.7 Å². The van der Waals surface area contributed by atoms with Gasteiger partial charge in [0.25, 0.3) is 0 Å². The molecule has 2 heterocycles. The highest BCUT2D eigenvalue weighted by Gasteiger charge is 2.18. The maximum absolute atomic E-state index is 6.01. The Bertz CT molecular complexity index is 863. The molecule has 1 aliphatic rings. The number of hydrogen-bond acceptors (Lipinski definition) is 3. The van der Waals surface area contributed by atoms with Gasteiger partial charge in [0, 0.05) is 29.5 Å². The monoisotopic (exact) mass is 354 g/mol. The van der Waals surface area contributed by atoms with Gasteiger partial charge in [-0.25, -0.2) is 4.98 Å². The van der Waals surface area contributed by atoms with Gasteiger partial charge in [-0.15, -0.1) is 0 Å². The number of halogens is 1. The lowest BCUT2D eigenvalue weighted by molar-refractivity contribution is 0.354. The predicted octanol–water partition coefficient (Wildman–Crippen LogP) is 4.63. The van der Waals surface area contributed by atoms with Gasteiger partial charge < -0.3 is 5.73 Å². The molecule has 0 radical (unpaired) electrons. The molecule has 0 unspecified atom stereocenters. The van der Waals surface area contributed by atoms with Crippen molar-refractivity contribution < 1.29 is 0 Å². The standard InChI is InChI=1S/C20H23ClN4/c21-16-8-6-15(7-9-16)19-13-25-17(11-22)12-23-18(20(25)24-19)10-14-4-2-1-3-5-14/h6-9,12-14H,1-5,10-11,22H2. The lowest BCUT2D eigenvalue weighted by atomic mass is 9.86. The minimum absolute atomic E-state index is 0.448. The molecule has 1 aliphatic carbocycles. The maximum Gasteiger partial charge on any atom is 0.159 e. The van der Waals surface area contributed by atoms with Gasteiger partial charge in [0.05, 0.1) is 17.1 Å². The molecular weight excluding hydrogens is 332 g/mol. The third-order valence-electron chi connectivity index (χ3n) is 5.20. The summed E-state index contributed by atoms with van der Waals surface area (Å²) in [7, 11) is 0. The summed E-state index contributed by atoms with van der Waals surface area (Å²) in [5, 5.41) is 0.731. The van der Waals surface area contributed by atoms with Crippen molar-refractivity contribution in [2.45, 2.75) is 45.1 Å². The van der Waals surface area contributed by atoms with Crippen LogP contribution >= 0.6 is 11.6 Å². The molecule has 0 saturated heterocycles. The molecule has 0 aliphatic heterocycles. The number of rotatable bonds is 4. The van der Waals surface area contributed by atoms with E-state index in [0.29, 0.717) is 6.54 Å². The van der Waals surface area contributed by atoms with Gasteiger partial charge in [0.2, 0.25) is 0 Å². The van der Waals surface area contributed by atoms with Crippen LogP contribution in [0.15, 0.2) is 36.7 Å². The van der Waals surface area contributed by atoms with E-state index < -0.39 is 0 Å². The van der Waals surface area contributed by atoms with E-state index >= 15 is 0 Å². The zero-order valence-corrected chi connectivity index (χ0v) is 15.0. The van der Waals surface area contributed by atoms with Crippen LogP contribution in [0, 0.1) is 5.92 Å². The Morgan fingerprint density at radius 2 is 1.88 bits per heavy atom. The SMILES string of the molecule is NCc1cnc(CC2CCCCC2)c2nc(-c3ccc(Cl)cc3)cn12. The fourth-order valence-corrected chi connectivity index (χ4v) is 3.92. The molecule has 25 heavy (non-hydrogen) atoms. The van der Waals surface area contributed by atoms with Crippen molar-refractivity contribution >= 4 is 17.2 Å². The number of nitrogens with two attached hydrogens (primary N) is 1. The van der Waals surface area contributed by atoms with E-state index in [1.807, 2.05) is 30.5 Å². The summed E-state index contributed by atoms with van der Waals surface area (Å²) < 4.78 is 2.11. The number of aromatic nitrogens is 3. The van der Waals surface area contributed by atoms with Crippen LogP contribution in [0.3, 0.4) is 0 Å². The van der Waals surface area contributed by atoms with Crippen LogP contribution in [0.2, 0.25) is 5.02 Å². The predicted molar refractivity (Wildman–Crippen MR) is 102 cm³/mol. The lowest BCUT2D eigenvalue weighted by Crippen LogP contribution is -2.13. The minimum Gasteiger partial charge on any atom is -0.325 e. The van der Waals surface area contributed by atoms with Crippen LogP contribution in [-0.4, -0.2) is 14.4 Å². The van der Waals surface area contributed by atoms with Crippen LogP contribution in [0.5, 0.6) is 0 Å². The molecule has 2 aromatic heterocycles. The molecule has 0 amide bonds. The maximum atomic E-state index is 6.01. The summed E-state index contributed by atoms with van der Waals surface area (Å²) in [5.74, 6) is 0.726. The van der Waals surface area contributed by atoms with Crippen LogP contribution in [0.4, 0.5) is 0 Å². The Labute approximate surface area is 153 Å².